The van der Waals surface area contributed by atoms with Crippen molar-refractivity contribution in [1.82, 2.24) is 0 Å². The van der Waals surface area contributed by atoms with E-state index in [4.69, 9.17) is 9.47 Å². The molecule has 0 aromatic heterocycles. The average molecular weight is 228 g/mol. The summed E-state index contributed by atoms with van der Waals surface area (Å²) >= 11 is 0. The molecular formula is C13H24O3. The molecule has 0 radical (unpaired) electrons. The standard InChI is InChI=1S/C13H24O3/c1-2-15-13(14)10-8-6-4-3-5-7-9-12-11-16-12/h12H,2-11H2,1H3/t12-/m1/s1. The van der Waals surface area contributed by atoms with Crippen LogP contribution in [-0.2, 0) is 14.3 Å². The highest BCUT2D eigenvalue weighted by atomic mass is 16.6. The van der Waals surface area contributed by atoms with Crippen molar-refractivity contribution in [2.24, 2.45) is 0 Å². The van der Waals surface area contributed by atoms with Crippen LogP contribution in [0.2, 0.25) is 0 Å². The first-order valence-corrected chi connectivity index (χ1v) is 6.60. The lowest BCUT2D eigenvalue weighted by atomic mass is 10.1. The minimum absolute atomic E-state index is 0.0478. The van der Waals surface area contributed by atoms with Crippen LogP contribution in [-0.4, -0.2) is 25.3 Å². The molecule has 0 unspecified atom stereocenters. The molecule has 0 aliphatic carbocycles. The molecule has 1 saturated heterocycles. The lowest BCUT2D eigenvalue weighted by molar-refractivity contribution is -0.143. The van der Waals surface area contributed by atoms with Gasteiger partial charge in [0.2, 0.25) is 0 Å². The van der Waals surface area contributed by atoms with Crippen LogP contribution in [0, 0.1) is 0 Å². The summed E-state index contributed by atoms with van der Waals surface area (Å²) in [6.07, 6.45) is 9.67. The smallest absolute Gasteiger partial charge is 0.305 e. The molecule has 1 heterocycles. The normalized spacial score (nSPS) is 18.4. The van der Waals surface area contributed by atoms with Crippen LogP contribution in [0.4, 0.5) is 0 Å². The Balaban J connectivity index is 1.71. The first-order valence-electron chi connectivity index (χ1n) is 6.60. The third kappa shape index (κ3) is 7.69. The van der Waals surface area contributed by atoms with Gasteiger partial charge in [-0.25, -0.2) is 0 Å². The molecule has 1 rings (SSSR count). The van der Waals surface area contributed by atoms with Gasteiger partial charge in [0.05, 0.1) is 19.3 Å². The molecule has 0 aromatic rings. The highest BCUT2D eigenvalue weighted by Crippen LogP contribution is 2.18. The maximum atomic E-state index is 11.0. The van der Waals surface area contributed by atoms with Crippen LogP contribution in [0.1, 0.15) is 58.3 Å². The molecule has 1 aliphatic rings. The van der Waals surface area contributed by atoms with E-state index >= 15 is 0 Å². The Kier molecular flexibility index (Phi) is 7.23. The van der Waals surface area contributed by atoms with Gasteiger partial charge >= 0.3 is 5.97 Å². The number of ether oxygens (including phenoxy) is 2. The number of epoxide rings is 1. The lowest BCUT2D eigenvalue weighted by Crippen LogP contribution is -2.03. The molecule has 16 heavy (non-hydrogen) atoms. The van der Waals surface area contributed by atoms with Gasteiger partial charge in [-0.15, -0.1) is 0 Å². The third-order valence-corrected chi connectivity index (χ3v) is 2.86. The van der Waals surface area contributed by atoms with Gasteiger partial charge in [0, 0.05) is 6.42 Å². The minimum atomic E-state index is -0.0478. The maximum Gasteiger partial charge on any atom is 0.305 e. The summed E-state index contributed by atoms with van der Waals surface area (Å²) in [6.45, 7) is 3.34. The van der Waals surface area contributed by atoms with Crippen molar-refractivity contribution < 1.29 is 14.3 Å². The molecule has 1 fully saturated rings. The van der Waals surface area contributed by atoms with Gasteiger partial charge in [0.15, 0.2) is 0 Å². The van der Waals surface area contributed by atoms with Crippen molar-refractivity contribution in [2.75, 3.05) is 13.2 Å². The molecule has 0 aromatic carbocycles. The minimum Gasteiger partial charge on any atom is -0.466 e. The number of unbranched alkanes of at least 4 members (excludes halogenated alkanes) is 5. The van der Waals surface area contributed by atoms with Gasteiger partial charge in [-0.1, -0.05) is 32.1 Å². The quantitative estimate of drug-likeness (QED) is 0.328. The van der Waals surface area contributed by atoms with Crippen molar-refractivity contribution in [2.45, 2.75) is 64.4 Å². The van der Waals surface area contributed by atoms with E-state index in [2.05, 4.69) is 0 Å². The van der Waals surface area contributed by atoms with E-state index < -0.39 is 0 Å². The van der Waals surface area contributed by atoms with Crippen molar-refractivity contribution in [3.8, 4) is 0 Å². The summed E-state index contributed by atoms with van der Waals surface area (Å²) in [4.78, 5) is 11.0. The van der Waals surface area contributed by atoms with Crippen LogP contribution < -0.4 is 0 Å². The number of esters is 1. The predicted octanol–water partition coefficient (Wildman–Crippen LogP) is 3.07. The Morgan fingerprint density at radius 2 is 1.81 bits per heavy atom. The zero-order valence-corrected chi connectivity index (χ0v) is 10.4. The number of carbonyl (C=O) groups excluding carboxylic acids is 1. The highest BCUT2D eigenvalue weighted by Gasteiger charge is 2.20. The number of rotatable bonds is 10. The van der Waals surface area contributed by atoms with Gasteiger partial charge in [0.1, 0.15) is 0 Å². The summed E-state index contributed by atoms with van der Waals surface area (Å²) in [6, 6.07) is 0. The van der Waals surface area contributed by atoms with E-state index in [1.807, 2.05) is 6.92 Å². The fraction of sp³-hybridized carbons (Fsp3) is 0.923. The van der Waals surface area contributed by atoms with Gasteiger partial charge in [-0.3, -0.25) is 4.79 Å². The Hall–Kier alpha value is -0.570. The average Bonchev–Trinajstić information content (AvgIpc) is 3.06. The fourth-order valence-corrected chi connectivity index (χ4v) is 1.82. The molecule has 0 N–H and O–H groups in total. The van der Waals surface area contributed by atoms with E-state index in [9.17, 15) is 4.79 Å². The van der Waals surface area contributed by atoms with Crippen molar-refractivity contribution >= 4 is 5.97 Å². The number of carbonyl (C=O) groups is 1. The zero-order chi connectivity index (χ0) is 11.6. The van der Waals surface area contributed by atoms with Crippen molar-refractivity contribution in [1.29, 1.82) is 0 Å². The molecule has 0 bridgehead atoms. The Morgan fingerprint density at radius 1 is 1.19 bits per heavy atom. The predicted molar refractivity (Wildman–Crippen MR) is 63.3 cm³/mol. The molecule has 3 heteroatoms. The van der Waals surface area contributed by atoms with E-state index in [1.165, 1.54) is 32.1 Å². The molecule has 0 saturated carbocycles. The maximum absolute atomic E-state index is 11.0. The van der Waals surface area contributed by atoms with Gasteiger partial charge in [-0.2, -0.15) is 0 Å². The van der Waals surface area contributed by atoms with Gasteiger partial charge in [-0.05, 0) is 19.8 Å². The van der Waals surface area contributed by atoms with Crippen LogP contribution in [0.25, 0.3) is 0 Å². The van der Waals surface area contributed by atoms with E-state index in [-0.39, 0.29) is 5.97 Å². The second-order valence-electron chi connectivity index (χ2n) is 4.42. The van der Waals surface area contributed by atoms with Crippen molar-refractivity contribution in [3.63, 3.8) is 0 Å². The molecule has 0 amide bonds. The van der Waals surface area contributed by atoms with Gasteiger partial charge in [0.25, 0.3) is 0 Å². The Morgan fingerprint density at radius 3 is 2.44 bits per heavy atom. The van der Waals surface area contributed by atoms with E-state index in [0.717, 1.165) is 19.4 Å². The fourth-order valence-electron chi connectivity index (χ4n) is 1.82. The first-order chi connectivity index (χ1) is 7.83. The number of hydrogen-bond donors (Lipinski definition) is 0. The highest BCUT2D eigenvalue weighted by molar-refractivity contribution is 5.69. The number of hydrogen-bond acceptors (Lipinski definition) is 3. The summed E-state index contributed by atoms with van der Waals surface area (Å²) in [5, 5.41) is 0. The van der Waals surface area contributed by atoms with Crippen molar-refractivity contribution in [3.05, 3.63) is 0 Å². The largest absolute Gasteiger partial charge is 0.466 e. The summed E-state index contributed by atoms with van der Waals surface area (Å²) in [7, 11) is 0. The van der Waals surface area contributed by atoms with E-state index in [0.29, 0.717) is 19.1 Å². The molecule has 0 spiro atoms. The lowest BCUT2D eigenvalue weighted by Gasteiger charge is -2.02. The third-order valence-electron chi connectivity index (χ3n) is 2.86. The SMILES string of the molecule is CCOC(=O)CCCCCCCC[C@@H]1CO1. The molecule has 3 nitrogen and oxygen atoms in total. The summed E-state index contributed by atoms with van der Waals surface area (Å²) < 4.78 is 10.0. The topological polar surface area (TPSA) is 38.8 Å². The van der Waals surface area contributed by atoms with Crippen LogP contribution >= 0.6 is 0 Å². The van der Waals surface area contributed by atoms with Crippen LogP contribution in [0.15, 0.2) is 0 Å². The molecular weight excluding hydrogens is 204 g/mol. The molecule has 94 valence electrons. The van der Waals surface area contributed by atoms with Crippen LogP contribution in [0.5, 0.6) is 0 Å². The van der Waals surface area contributed by atoms with Gasteiger partial charge < -0.3 is 9.47 Å². The molecule has 1 aliphatic heterocycles. The Labute approximate surface area is 98.5 Å². The summed E-state index contributed by atoms with van der Waals surface area (Å²) in [5.41, 5.74) is 0. The van der Waals surface area contributed by atoms with Crippen LogP contribution in [0.3, 0.4) is 0 Å². The van der Waals surface area contributed by atoms with E-state index in [1.54, 1.807) is 0 Å². The zero-order valence-electron chi connectivity index (χ0n) is 10.4. The summed E-state index contributed by atoms with van der Waals surface area (Å²) in [5.74, 6) is -0.0478. The second kappa shape index (κ2) is 8.57. The first kappa shape index (κ1) is 13.5. The Bertz CT molecular complexity index is 188. The second-order valence-corrected chi connectivity index (χ2v) is 4.42. The monoisotopic (exact) mass is 228 g/mol. The molecule has 1 atom stereocenters.